The van der Waals surface area contributed by atoms with E-state index in [4.69, 9.17) is 33.9 Å². The largest absolute Gasteiger partial charge is 0.478 e. The summed E-state index contributed by atoms with van der Waals surface area (Å²) in [7, 11) is 6.17. The second kappa shape index (κ2) is 11.0. The van der Waals surface area contributed by atoms with Crippen LogP contribution in [0.2, 0.25) is 0 Å². The highest BCUT2D eigenvalue weighted by Crippen LogP contribution is 2.38. The average Bonchev–Trinajstić information content (AvgIpc) is 2.45. The SMILES string of the molecule is CCOC(=S)SSc1ccc(SSC(=S)OCC)c(C)c1. The van der Waals surface area contributed by atoms with Gasteiger partial charge in [-0.3, -0.25) is 0 Å². The van der Waals surface area contributed by atoms with Crippen LogP contribution >= 0.6 is 67.6 Å². The first-order valence-electron chi connectivity index (χ1n) is 6.20. The molecule has 0 aliphatic heterocycles. The Morgan fingerprint density at radius 3 is 2.10 bits per heavy atom. The van der Waals surface area contributed by atoms with Crippen molar-refractivity contribution in [2.75, 3.05) is 13.2 Å². The lowest BCUT2D eigenvalue weighted by molar-refractivity contribution is 0.346. The lowest BCUT2D eigenvalue weighted by Gasteiger charge is -2.08. The summed E-state index contributed by atoms with van der Waals surface area (Å²) < 4.78 is 11.6. The van der Waals surface area contributed by atoms with Crippen molar-refractivity contribution >= 4 is 76.4 Å². The Balaban J connectivity index is 2.51. The minimum absolute atomic E-state index is 0.566. The van der Waals surface area contributed by atoms with E-state index in [1.165, 1.54) is 32.0 Å². The maximum atomic E-state index is 5.25. The van der Waals surface area contributed by atoms with Crippen LogP contribution in [0.3, 0.4) is 0 Å². The van der Waals surface area contributed by atoms with Crippen LogP contribution in [0.15, 0.2) is 28.0 Å². The van der Waals surface area contributed by atoms with Crippen LogP contribution in [0.4, 0.5) is 0 Å². The summed E-state index contributed by atoms with van der Waals surface area (Å²) in [6, 6.07) is 6.30. The zero-order valence-corrected chi connectivity index (χ0v) is 16.8. The zero-order chi connectivity index (χ0) is 15.7. The molecule has 0 amide bonds. The van der Waals surface area contributed by atoms with Crippen molar-refractivity contribution < 1.29 is 9.47 Å². The first kappa shape index (κ1) is 19.4. The Kier molecular flexibility index (Phi) is 10.2. The van der Waals surface area contributed by atoms with E-state index in [1.807, 2.05) is 13.8 Å². The Hall–Kier alpha value is 0.400. The van der Waals surface area contributed by atoms with Gasteiger partial charge in [0, 0.05) is 9.79 Å². The van der Waals surface area contributed by atoms with E-state index in [-0.39, 0.29) is 0 Å². The first-order valence-corrected chi connectivity index (χ1v) is 11.3. The zero-order valence-electron chi connectivity index (χ0n) is 11.9. The van der Waals surface area contributed by atoms with Crippen LogP contribution in [-0.4, -0.2) is 22.0 Å². The lowest BCUT2D eigenvalue weighted by Crippen LogP contribution is -1.93. The minimum atomic E-state index is 0.566. The molecule has 0 N–H and O–H groups in total. The second-order valence-corrected chi connectivity index (χ2v) is 9.20. The van der Waals surface area contributed by atoms with Gasteiger partial charge in [0.05, 0.1) is 13.2 Å². The van der Waals surface area contributed by atoms with E-state index in [1.54, 1.807) is 21.6 Å². The number of aryl methyl sites for hydroxylation is 1. The fraction of sp³-hybridized carbons (Fsp3) is 0.385. The van der Waals surface area contributed by atoms with Crippen LogP contribution < -0.4 is 0 Å². The molecule has 21 heavy (non-hydrogen) atoms. The summed E-state index contributed by atoms with van der Waals surface area (Å²) in [5.74, 6) is 0. The van der Waals surface area contributed by atoms with Gasteiger partial charge in [-0.05, 0) is 112 Å². The predicted octanol–water partition coefficient (Wildman–Crippen LogP) is 6.12. The highest BCUT2D eigenvalue weighted by atomic mass is 33.1. The average molecular weight is 397 g/mol. The Labute approximate surface area is 152 Å². The second-order valence-electron chi connectivity index (χ2n) is 3.63. The fourth-order valence-corrected chi connectivity index (χ4v) is 5.50. The van der Waals surface area contributed by atoms with E-state index in [2.05, 4.69) is 25.1 Å². The Morgan fingerprint density at radius 2 is 1.57 bits per heavy atom. The quantitative estimate of drug-likeness (QED) is 0.417. The van der Waals surface area contributed by atoms with Gasteiger partial charge < -0.3 is 9.47 Å². The number of thiocarbonyl (C=S) groups is 2. The molecule has 0 saturated carbocycles. The van der Waals surface area contributed by atoms with Crippen LogP contribution in [-0.2, 0) is 9.47 Å². The first-order chi connectivity index (χ1) is 10.1. The van der Waals surface area contributed by atoms with Crippen molar-refractivity contribution in [3.63, 3.8) is 0 Å². The van der Waals surface area contributed by atoms with Crippen molar-refractivity contribution in [3.05, 3.63) is 23.8 Å². The van der Waals surface area contributed by atoms with Crippen molar-refractivity contribution in [3.8, 4) is 0 Å². The smallest absolute Gasteiger partial charge is 0.231 e. The summed E-state index contributed by atoms with van der Waals surface area (Å²) >= 11 is 10.2. The van der Waals surface area contributed by atoms with Crippen molar-refractivity contribution in [2.45, 2.75) is 30.6 Å². The van der Waals surface area contributed by atoms with E-state index in [9.17, 15) is 0 Å². The van der Waals surface area contributed by atoms with Gasteiger partial charge in [-0.1, -0.05) is 0 Å². The van der Waals surface area contributed by atoms with Gasteiger partial charge in [-0.15, -0.1) is 0 Å². The number of hydrogen-bond acceptors (Lipinski definition) is 8. The van der Waals surface area contributed by atoms with Crippen molar-refractivity contribution in [1.29, 1.82) is 0 Å². The molecule has 0 bridgehead atoms. The molecule has 0 heterocycles. The van der Waals surface area contributed by atoms with Crippen LogP contribution in [0.5, 0.6) is 0 Å². The van der Waals surface area contributed by atoms with Crippen LogP contribution in [0.1, 0.15) is 19.4 Å². The third kappa shape index (κ3) is 7.99. The molecule has 0 aromatic heterocycles. The Morgan fingerprint density at radius 1 is 1.00 bits per heavy atom. The van der Waals surface area contributed by atoms with Gasteiger partial charge >= 0.3 is 0 Å². The van der Waals surface area contributed by atoms with Gasteiger partial charge in [-0.25, -0.2) is 0 Å². The van der Waals surface area contributed by atoms with Crippen molar-refractivity contribution in [1.82, 2.24) is 0 Å². The molecule has 116 valence electrons. The summed E-state index contributed by atoms with van der Waals surface area (Å²) in [6.45, 7) is 7.16. The molecule has 1 aromatic rings. The molecule has 0 radical (unpaired) electrons. The molecule has 0 aliphatic rings. The molecule has 8 heteroatoms. The maximum Gasteiger partial charge on any atom is 0.231 e. The molecular formula is C13H16O2S6. The van der Waals surface area contributed by atoms with Crippen molar-refractivity contribution in [2.24, 2.45) is 0 Å². The van der Waals surface area contributed by atoms with E-state index in [0.717, 1.165) is 4.90 Å². The molecule has 0 atom stereocenters. The molecular weight excluding hydrogens is 381 g/mol. The number of rotatable bonds is 6. The van der Waals surface area contributed by atoms with Gasteiger partial charge in [0.25, 0.3) is 0 Å². The van der Waals surface area contributed by atoms with Crippen LogP contribution in [0, 0.1) is 6.92 Å². The third-order valence-electron chi connectivity index (χ3n) is 2.08. The van der Waals surface area contributed by atoms with E-state index < -0.39 is 0 Å². The normalized spacial score (nSPS) is 10.2. The molecule has 0 fully saturated rings. The van der Waals surface area contributed by atoms with E-state index >= 15 is 0 Å². The minimum Gasteiger partial charge on any atom is -0.478 e. The van der Waals surface area contributed by atoms with E-state index in [0.29, 0.717) is 22.0 Å². The summed E-state index contributed by atoms with van der Waals surface area (Å²) in [6.07, 6.45) is 0. The molecule has 0 saturated heterocycles. The molecule has 1 aromatic carbocycles. The number of hydrogen-bond donors (Lipinski definition) is 0. The van der Waals surface area contributed by atoms with Gasteiger partial charge in [0.2, 0.25) is 8.77 Å². The molecule has 0 spiro atoms. The Bertz CT molecular complexity index is 492. The summed E-state index contributed by atoms with van der Waals surface area (Å²) in [5, 5.41) is 0. The predicted molar refractivity (Wildman–Crippen MR) is 107 cm³/mol. The number of ether oxygens (including phenoxy) is 2. The highest BCUT2D eigenvalue weighted by Gasteiger charge is 2.06. The highest BCUT2D eigenvalue weighted by molar-refractivity contribution is 8.84. The third-order valence-corrected chi connectivity index (χ3v) is 7.73. The summed E-state index contributed by atoms with van der Waals surface area (Å²) in [5.41, 5.74) is 1.21. The molecule has 0 aliphatic carbocycles. The van der Waals surface area contributed by atoms with Crippen LogP contribution in [0.25, 0.3) is 0 Å². The monoisotopic (exact) mass is 396 g/mol. The fourth-order valence-electron chi connectivity index (χ4n) is 1.21. The van der Waals surface area contributed by atoms with Gasteiger partial charge in [0.15, 0.2) is 0 Å². The molecule has 0 unspecified atom stereocenters. The van der Waals surface area contributed by atoms with Gasteiger partial charge in [-0.2, -0.15) is 0 Å². The van der Waals surface area contributed by atoms with Gasteiger partial charge in [0.1, 0.15) is 0 Å². The summed E-state index contributed by atoms with van der Waals surface area (Å²) in [4.78, 5) is 2.34. The topological polar surface area (TPSA) is 18.5 Å². The standard InChI is InChI=1S/C13H16O2S6/c1-4-14-12(16)20-18-10-6-7-11(9(3)8-10)19-21-13(17)15-5-2/h6-8H,4-5H2,1-3H3. The number of benzene rings is 1. The molecule has 2 nitrogen and oxygen atoms in total. The lowest BCUT2D eigenvalue weighted by atomic mass is 10.2. The maximum absolute atomic E-state index is 5.25. The molecule has 1 rings (SSSR count).